The second-order valence-corrected chi connectivity index (χ2v) is 3.52. The largest absolute Gasteiger partial charge is 0.497 e. The van der Waals surface area contributed by atoms with E-state index >= 15 is 0 Å². The molecular formula is C11H13F4NO. The summed E-state index contributed by atoms with van der Waals surface area (Å²) in [7, 11) is 1.48. The van der Waals surface area contributed by atoms with Crippen molar-refractivity contribution in [2.75, 3.05) is 13.7 Å². The summed E-state index contributed by atoms with van der Waals surface area (Å²) in [6.45, 7) is -0.971. The van der Waals surface area contributed by atoms with Crippen LogP contribution in [0.1, 0.15) is 5.56 Å². The SMILES string of the molecule is COc1cccc(CNCC(F)(F)C(F)F)c1. The van der Waals surface area contributed by atoms with E-state index in [0.29, 0.717) is 11.3 Å². The molecule has 0 spiro atoms. The van der Waals surface area contributed by atoms with Crippen LogP contribution in [0.25, 0.3) is 0 Å². The number of nitrogens with one attached hydrogen (secondary N) is 1. The molecule has 0 unspecified atom stereocenters. The third-order valence-electron chi connectivity index (χ3n) is 2.14. The van der Waals surface area contributed by atoms with Crippen LogP contribution in [0.2, 0.25) is 0 Å². The maximum atomic E-state index is 12.6. The van der Waals surface area contributed by atoms with Crippen molar-refractivity contribution in [3.63, 3.8) is 0 Å². The summed E-state index contributed by atoms with van der Waals surface area (Å²) >= 11 is 0. The maximum absolute atomic E-state index is 12.6. The molecular weight excluding hydrogens is 238 g/mol. The zero-order valence-corrected chi connectivity index (χ0v) is 9.22. The molecule has 1 rings (SSSR count). The van der Waals surface area contributed by atoms with E-state index in [-0.39, 0.29) is 6.54 Å². The first-order valence-electron chi connectivity index (χ1n) is 4.95. The maximum Gasteiger partial charge on any atom is 0.319 e. The molecule has 17 heavy (non-hydrogen) atoms. The Morgan fingerprint density at radius 1 is 1.35 bits per heavy atom. The normalized spacial score (nSPS) is 11.9. The van der Waals surface area contributed by atoms with E-state index in [9.17, 15) is 17.6 Å². The minimum Gasteiger partial charge on any atom is -0.497 e. The molecule has 0 fully saturated rings. The Kier molecular flexibility index (Phi) is 4.74. The van der Waals surface area contributed by atoms with Crippen molar-refractivity contribution in [2.24, 2.45) is 0 Å². The topological polar surface area (TPSA) is 21.3 Å². The summed E-state index contributed by atoms with van der Waals surface area (Å²) in [5.41, 5.74) is 0.689. The van der Waals surface area contributed by atoms with Gasteiger partial charge in [0.2, 0.25) is 0 Å². The molecule has 0 saturated carbocycles. The Balaban J connectivity index is 2.45. The summed E-state index contributed by atoms with van der Waals surface area (Å²) in [5, 5.41) is 2.29. The van der Waals surface area contributed by atoms with E-state index in [2.05, 4.69) is 5.32 Å². The summed E-state index contributed by atoms with van der Waals surface area (Å²) < 4.78 is 53.8. The van der Waals surface area contributed by atoms with E-state index in [1.54, 1.807) is 24.3 Å². The zero-order valence-electron chi connectivity index (χ0n) is 9.22. The number of benzene rings is 1. The lowest BCUT2D eigenvalue weighted by atomic mass is 10.2. The Morgan fingerprint density at radius 3 is 2.65 bits per heavy atom. The summed E-state index contributed by atoms with van der Waals surface area (Å²) in [5.74, 6) is -3.41. The van der Waals surface area contributed by atoms with Crippen molar-refractivity contribution in [2.45, 2.75) is 18.9 Å². The van der Waals surface area contributed by atoms with Gasteiger partial charge in [-0.2, -0.15) is 8.78 Å². The number of alkyl halides is 4. The molecule has 1 aromatic rings. The monoisotopic (exact) mass is 251 g/mol. The van der Waals surface area contributed by atoms with E-state index in [0.717, 1.165) is 0 Å². The average Bonchev–Trinajstić information content (AvgIpc) is 2.29. The first kappa shape index (κ1) is 13.8. The minimum atomic E-state index is -4.00. The molecule has 96 valence electrons. The van der Waals surface area contributed by atoms with Crippen LogP contribution in [-0.4, -0.2) is 26.0 Å². The van der Waals surface area contributed by atoms with Crippen molar-refractivity contribution >= 4 is 0 Å². The van der Waals surface area contributed by atoms with Gasteiger partial charge in [-0.15, -0.1) is 0 Å². The highest BCUT2D eigenvalue weighted by molar-refractivity contribution is 5.28. The molecule has 0 heterocycles. The molecule has 2 nitrogen and oxygen atoms in total. The van der Waals surface area contributed by atoms with Gasteiger partial charge in [0.05, 0.1) is 13.7 Å². The molecule has 0 aliphatic rings. The van der Waals surface area contributed by atoms with E-state index < -0.39 is 18.9 Å². The Bertz CT molecular complexity index is 357. The molecule has 0 saturated heterocycles. The van der Waals surface area contributed by atoms with Gasteiger partial charge in [-0.25, -0.2) is 8.78 Å². The predicted octanol–water partition coefficient (Wildman–Crippen LogP) is 2.69. The lowest BCUT2D eigenvalue weighted by molar-refractivity contribution is -0.125. The van der Waals surface area contributed by atoms with Gasteiger partial charge < -0.3 is 10.1 Å². The van der Waals surface area contributed by atoms with Crippen molar-refractivity contribution in [1.29, 1.82) is 0 Å². The highest BCUT2D eigenvalue weighted by Gasteiger charge is 2.39. The molecule has 0 aromatic heterocycles. The second kappa shape index (κ2) is 5.86. The van der Waals surface area contributed by atoms with Gasteiger partial charge in [0.25, 0.3) is 0 Å². The standard InChI is InChI=1S/C11H13F4NO/c1-17-9-4-2-3-8(5-9)6-16-7-11(14,15)10(12)13/h2-5,10,16H,6-7H2,1H3. The quantitative estimate of drug-likeness (QED) is 0.785. The van der Waals surface area contributed by atoms with Crippen LogP contribution in [-0.2, 0) is 6.54 Å². The van der Waals surface area contributed by atoms with Crippen LogP contribution in [0.15, 0.2) is 24.3 Å². The van der Waals surface area contributed by atoms with Gasteiger partial charge in [-0.3, -0.25) is 0 Å². The lowest BCUT2D eigenvalue weighted by Crippen LogP contribution is -2.38. The molecule has 0 radical (unpaired) electrons. The van der Waals surface area contributed by atoms with Crippen LogP contribution in [0.5, 0.6) is 5.75 Å². The van der Waals surface area contributed by atoms with Gasteiger partial charge in [-0.1, -0.05) is 12.1 Å². The van der Waals surface area contributed by atoms with Crippen LogP contribution in [0.4, 0.5) is 17.6 Å². The molecule has 0 atom stereocenters. The number of rotatable bonds is 6. The van der Waals surface area contributed by atoms with Gasteiger partial charge >= 0.3 is 12.3 Å². The van der Waals surface area contributed by atoms with Crippen LogP contribution < -0.4 is 10.1 Å². The van der Waals surface area contributed by atoms with Crippen molar-refractivity contribution in [3.8, 4) is 5.75 Å². The van der Waals surface area contributed by atoms with Gasteiger partial charge in [-0.05, 0) is 17.7 Å². The Labute approximate surface area is 96.6 Å². The van der Waals surface area contributed by atoms with Crippen molar-refractivity contribution < 1.29 is 22.3 Å². The minimum absolute atomic E-state index is 0.0828. The highest BCUT2D eigenvalue weighted by Crippen LogP contribution is 2.21. The molecule has 6 heteroatoms. The van der Waals surface area contributed by atoms with E-state index in [1.165, 1.54) is 7.11 Å². The van der Waals surface area contributed by atoms with Gasteiger partial charge in [0.15, 0.2) is 0 Å². The summed E-state index contributed by atoms with van der Waals surface area (Å²) in [6.07, 6.45) is -3.65. The number of methoxy groups -OCH3 is 1. The van der Waals surface area contributed by atoms with Crippen LogP contribution in [0.3, 0.4) is 0 Å². The van der Waals surface area contributed by atoms with E-state index in [4.69, 9.17) is 4.74 Å². The van der Waals surface area contributed by atoms with Gasteiger partial charge in [0.1, 0.15) is 5.75 Å². The second-order valence-electron chi connectivity index (χ2n) is 3.52. The van der Waals surface area contributed by atoms with Crippen LogP contribution in [0, 0.1) is 0 Å². The fourth-order valence-electron chi connectivity index (χ4n) is 1.23. The third-order valence-corrected chi connectivity index (χ3v) is 2.14. The van der Waals surface area contributed by atoms with Crippen LogP contribution >= 0.6 is 0 Å². The number of ether oxygens (including phenoxy) is 1. The average molecular weight is 251 g/mol. The lowest BCUT2D eigenvalue weighted by Gasteiger charge is -2.15. The number of hydrogen-bond donors (Lipinski definition) is 1. The number of hydrogen-bond acceptors (Lipinski definition) is 2. The molecule has 1 N–H and O–H groups in total. The first-order chi connectivity index (χ1) is 7.95. The van der Waals surface area contributed by atoms with Crippen molar-refractivity contribution in [1.82, 2.24) is 5.32 Å². The zero-order chi connectivity index (χ0) is 12.9. The smallest absolute Gasteiger partial charge is 0.319 e. The first-order valence-corrected chi connectivity index (χ1v) is 4.95. The van der Waals surface area contributed by atoms with Crippen molar-refractivity contribution in [3.05, 3.63) is 29.8 Å². The fourth-order valence-corrected chi connectivity index (χ4v) is 1.23. The Hall–Kier alpha value is -1.30. The third kappa shape index (κ3) is 4.22. The Morgan fingerprint density at radius 2 is 2.06 bits per heavy atom. The highest BCUT2D eigenvalue weighted by atomic mass is 19.3. The summed E-state index contributed by atoms with van der Waals surface area (Å²) in [4.78, 5) is 0. The predicted molar refractivity (Wildman–Crippen MR) is 55.7 cm³/mol. The molecule has 0 aliphatic carbocycles. The fraction of sp³-hybridized carbons (Fsp3) is 0.455. The summed E-state index contributed by atoms with van der Waals surface area (Å²) in [6, 6.07) is 6.74. The molecule has 1 aromatic carbocycles. The molecule has 0 bridgehead atoms. The van der Waals surface area contributed by atoms with E-state index in [1.807, 2.05) is 0 Å². The van der Waals surface area contributed by atoms with Gasteiger partial charge in [0, 0.05) is 6.54 Å². The number of halogens is 4. The molecule has 0 aliphatic heterocycles. The molecule has 0 amide bonds.